The number of alkyl halides is 3. The molecule has 2 rings (SSSR count). The minimum Gasteiger partial charge on any atom is -0.357 e. The second-order valence-electron chi connectivity index (χ2n) is 6.97. The smallest absolute Gasteiger partial charge is 0.357 e. The molecule has 1 aliphatic heterocycles. The molecule has 6 nitrogen and oxygen atoms in total. The van der Waals surface area contributed by atoms with Gasteiger partial charge >= 0.3 is 15.5 Å². The van der Waals surface area contributed by atoms with E-state index >= 15 is 0 Å². The zero-order valence-electron chi connectivity index (χ0n) is 16.4. The molecule has 164 valence electrons. The highest BCUT2D eigenvalue weighted by molar-refractivity contribution is 7.90. The number of sulfonamides is 1. The number of hydrogen-bond acceptors (Lipinski definition) is 3. The van der Waals surface area contributed by atoms with Gasteiger partial charge in [-0.25, -0.2) is 12.8 Å². The van der Waals surface area contributed by atoms with Crippen molar-refractivity contribution >= 4 is 16.0 Å². The minimum atomic E-state index is -5.26. The third-order valence-corrected chi connectivity index (χ3v) is 6.36. The number of rotatable bonds is 6. The summed E-state index contributed by atoms with van der Waals surface area (Å²) in [7, 11) is -3.43. The van der Waals surface area contributed by atoms with E-state index in [1.165, 1.54) is 12.1 Å². The Hall–Kier alpha value is -1.88. The highest BCUT2D eigenvalue weighted by Crippen LogP contribution is 2.30. The summed E-state index contributed by atoms with van der Waals surface area (Å²) in [5.74, 6) is 0.320. The van der Waals surface area contributed by atoms with Crippen molar-refractivity contribution in [3.05, 3.63) is 35.6 Å². The van der Waals surface area contributed by atoms with Crippen LogP contribution in [-0.4, -0.2) is 62.3 Å². The Balaban J connectivity index is 1.94. The molecule has 1 heterocycles. The largest absolute Gasteiger partial charge is 0.511 e. The summed E-state index contributed by atoms with van der Waals surface area (Å²) in [5.41, 5.74) is -4.36. The molecule has 1 N–H and O–H groups in total. The second kappa shape index (κ2) is 9.75. The van der Waals surface area contributed by atoms with Gasteiger partial charge in [0.25, 0.3) is 0 Å². The van der Waals surface area contributed by atoms with Crippen LogP contribution < -0.4 is 5.32 Å². The fraction of sp³-hybridized carbons (Fsp3) is 0.611. The zero-order valence-corrected chi connectivity index (χ0v) is 17.2. The lowest BCUT2D eigenvalue weighted by atomic mass is 9.98. The highest BCUT2D eigenvalue weighted by atomic mass is 32.2. The molecule has 0 spiro atoms. The van der Waals surface area contributed by atoms with Crippen LogP contribution in [0.25, 0.3) is 0 Å². The van der Waals surface area contributed by atoms with Crippen LogP contribution in [0, 0.1) is 11.7 Å². The van der Waals surface area contributed by atoms with Gasteiger partial charge in [-0.05, 0) is 43.4 Å². The monoisotopic (exact) mass is 438 g/mol. The minimum absolute atomic E-state index is 0.00237. The summed E-state index contributed by atoms with van der Waals surface area (Å²) in [4.78, 5) is 6.43. The SMILES string of the molecule is CCNC(=NCC1CCN(S(=O)(=O)C(F)(F)F)CC1)N(C)Cc1ccc(F)cc1. The van der Waals surface area contributed by atoms with Gasteiger partial charge in [-0.3, -0.25) is 4.99 Å². The number of hydrogen-bond donors (Lipinski definition) is 1. The van der Waals surface area contributed by atoms with Gasteiger partial charge in [0.05, 0.1) is 0 Å². The molecule has 0 amide bonds. The fourth-order valence-electron chi connectivity index (χ4n) is 3.10. The van der Waals surface area contributed by atoms with Crippen LogP contribution in [0.1, 0.15) is 25.3 Å². The first kappa shape index (κ1) is 23.4. The Morgan fingerprint density at radius 1 is 1.24 bits per heavy atom. The average molecular weight is 438 g/mol. The fourth-order valence-corrected chi connectivity index (χ4v) is 4.09. The Kier molecular flexibility index (Phi) is 7.87. The van der Waals surface area contributed by atoms with Gasteiger partial charge in [0.15, 0.2) is 5.96 Å². The maximum Gasteiger partial charge on any atom is 0.511 e. The van der Waals surface area contributed by atoms with Crippen LogP contribution in [0.5, 0.6) is 0 Å². The Morgan fingerprint density at radius 2 is 1.83 bits per heavy atom. The lowest BCUT2D eigenvalue weighted by molar-refractivity contribution is -0.0496. The summed E-state index contributed by atoms with van der Waals surface area (Å²) in [6.07, 6.45) is 0.639. The maximum atomic E-state index is 13.0. The first-order valence-corrected chi connectivity index (χ1v) is 10.8. The number of nitrogens with one attached hydrogen (secondary N) is 1. The average Bonchev–Trinajstić information content (AvgIpc) is 2.66. The summed E-state index contributed by atoms with van der Waals surface area (Å²) in [6.45, 7) is 3.12. The van der Waals surface area contributed by atoms with Crippen molar-refractivity contribution in [2.24, 2.45) is 10.9 Å². The van der Waals surface area contributed by atoms with Crippen molar-refractivity contribution in [3.63, 3.8) is 0 Å². The summed E-state index contributed by atoms with van der Waals surface area (Å²) in [5, 5.41) is 3.15. The molecule has 1 aromatic rings. The second-order valence-corrected chi connectivity index (χ2v) is 8.90. The topological polar surface area (TPSA) is 65.0 Å². The van der Waals surface area contributed by atoms with Crippen molar-refractivity contribution in [2.45, 2.75) is 31.8 Å². The lowest BCUT2D eigenvalue weighted by Crippen LogP contribution is -2.45. The van der Waals surface area contributed by atoms with Crippen molar-refractivity contribution in [1.82, 2.24) is 14.5 Å². The van der Waals surface area contributed by atoms with Crippen LogP contribution in [0.2, 0.25) is 0 Å². The van der Waals surface area contributed by atoms with Crippen LogP contribution in [0.4, 0.5) is 17.6 Å². The van der Waals surface area contributed by atoms with Gasteiger partial charge in [-0.1, -0.05) is 12.1 Å². The van der Waals surface area contributed by atoms with Gasteiger partial charge in [-0.2, -0.15) is 17.5 Å². The van der Waals surface area contributed by atoms with Crippen molar-refractivity contribution in [3.8, 4) is 0 Å². The molecular formula is C18H26F4N4O2S. The highest BCUT2D eigenvalue weighted by Gasteiger charge is 2.50. The van der Waals surface area contributed by atoms with Crippen LogP contribution in [0.3, 0.4) is 0 Å². The van der Waals surface area contributed by atoms with E-state index in [4.69, 9.17) is 0 Å². The first-order chi connectivity index (χ1) is 13.5. The Bertz CT molecular complexity index is 789. The zero-order chi connectivity index (χ0) is 21.7. The molecule has 0 aliphatic carbocycles. The normalized spacial score (nSPS) is 17.4. The molecule has 1 aliphatic rings. The Labute approximate surface area is 168 Å². The Morgan fingerprint density at radius 3 is 2.34 bits per heavy atom. The molecule has 1 aromatic carbocycles. The summed E-state index contributed by atoms with van der Waals surface area (Å²) >= 11 is 0. The predicted molar refractivity (Wildman–Crippen MR) is 103 cm³/mol. The number of nitrogens with zero attached hydrogens (tertiary/aromatic N) is 3. The molecule has 0 atom stereocenters. The lowest BCUT2D eigenvalue weighted by Gasteiger charge is -2.31. The quantitative estimate of drug-likeness (QED) is 0.422. The van der Waals surface area contributed by atoms with Gasteiger partial charge in [0.1, 0.15) is 5.82 Å². The van der Waals surface area contributed by atoms with E-state index in [0.29, 0.717) is 42.7 Å². The van der Waals surface area contributed by atoms with Gasteiger partial charge in [0, 0.05) is 39.8 Å². The van der Waals surface area contributed by atoms with E-state index in [9.17, 15) is 26.0 Å². The summed E-state index contributed by atoms with van der Waals surface area (Å²) < 4.78 is 74.5. The van der Waals surface area contributed by atoms with E-state index < -0.39 is 15.5 Å². The molecular weight excluding hydrogens is 412 g/mol. The molecule has 0 bridgehead atoms. The predicted octanol–water partition coefficient (Wildman–Crippen LogP) is 2.78. The standard InChI is InChI=1S/C18H26F4N4O2S/c1-3-23-17(25(2)13-15-4-6-16(19)7-5-15)24-12-14-8-10-26(11-9-14)29(27,28)18(20,21)22/h4-7,14H,3,8-13H2,1-2H3,(H,23,24). The molecule has 1 fully saturated rings. The van der Waals surface area contributed by atoms with Gasteiger partial charge in [-0.15, -0.1) is 0 Å². The molecule has 29 heavy (non-hydrogen) atoms. The van der Waals surface area contributed by atoms with Crippen molar-refractivity contribution in [1.29, 1.82) is 0 Å². The molecule has 0 saturated carbocycles. The first-order valence-electron chi connectivity index (χ1n) is 9.35. The molecule has 0 radical (unpaired) electrons. The number of benzene rings is 1. The van der Waals surface area contributed by atoms with Gasteiger partial charge in [0.2, 0.25) is 0 Å². The number of piperidine rings is 1. The molecule has 0 aromatic heterocycles. The van der Waals surface area contributed by atoms with Crippen LogP contribution in [0.15, 0.2) is 29.3 Å². The number of halogens is 4. The van der Waals surface area contributed by atoms with E-state index in [1.807, 2.05) is 18.9 Å². The van der Waals surface area contributed by atoms with Crippen molar-refractivity contribution < 1.29 is 26.0 Å². The van der Waals surface area contributed by atoms with E-state index in [0.717, 1.165) is 5.56 Å². The summed E-state index contributed by atoms with van der Waals surface area (Å²) in [6, 6.07) is 6.14. The van der Waals surface area contributed by atoms with Gasteiger partial charge < -0.3 is 10.2 Å². The van der Waals surface area contributed by atoms with Crippen molar-refractivity contribution in [2.75, 3.05) is 33.2 Å². The molecule has 11 heteroatoms. The third-order valence-electron chi connectivity index (χ3n) is 4.73. The van der Waals surface area contributed by atoms with E-state index in [1.54, 1.807) is 12.1 Å². The number of aliphatic imine (C=N–C) groups is 1. The maximum absolute atomic E-state index is 13.0. The molecule has 0 unspecified atom stereocenters. The third kappa shape index (κ3) is 6.30. The molecule has 1 saturated heterocycles. The number of guanidine groups is 1. The van der Waals surface area contributed by atoms with Crippen LogP contribution in [-0.2, 0) is 16.6 Å². The van der Waals surface area contributed by atoms with E-state index in [2.05, 4.69) is 10.3 Å². The van der Waals surface area contributed by atoms with E-state index in [-0.39, 0.29) is 24.8 Å². The van der Waals surface area contributed by atoms with Crippen LogP contribution >= 0.6 is 0 Å².